The van der Waals surface area contributed by atoms with E-state index in [9.17, 15) is 4.79 Å². The van der Waals surface area contributed by atoms with Gasteiger partial charge in [-0.2, -0.15) is 4.98 Å². The fourth-order valence-electron chi connectivity index (χ4n) is 0.822. The molecule has 0 fully saturated rings. The number of hydrogen-bond donors (Lipinski definition) is 2. The second-order valence-electron chi connectivity index (χ2n) is 2.74. The van der Waals surface area contributed by atoms with Crippen molar-refractivity contribution in [3.63, 3.8) is 0 Å². The highest BCUT2D eigenvalue weighted by molar-refractivity contribution is 7.99. The van der Waals surface area contributed by atoms with Gasteiger partial charge in [0.1, 0.15) is 6.26 Å². The molecular formula is C8H11NO4S. The maximum Gasteiger partial charge on any atom is 0.357 e. The molecule has 6 heteroatoms. The average Bonchev–Trinajstić information content (AvgIpc) is 2.53. The maximum atomic E-state index is 10.5. The summed E-state index contributed by atoms with van der Waals surface area (Å²) in [6, 6.07) is 0. The van der Waals surface area contributed by atoms with Gasteiger partial charge in [-0.1, -0.05) is 18.7 Å². The minimum atomic E-state index is -1.10. The molecule has 1 aromatic rings. The fraction of sp³-hybridized carbons (Fsp3) is 0.500. The SMILES string of the molecule is CC(CCO)Sc1nc(C(=O)O)co1. The van der Waals surface area contributed by atoms with Gasteiger partial charge in [-0.05, 0) is 6.42 Å². The average molecular weight is 217 g/mol. The smallest absolute Gasteiger partial charge is 0.357 e. The Kier molecular flexibility index (Phi) is 3.97. The minimum Gasteiger partial charge on any atom is -0.476 e. The van der Waals surface area contributed by atoms with Crippen molar-refractivity contribution in [2.75, 3.05) is 6.61 Å². The topological polar surface area (TPSA) is 83.6 Å². The van der Waals surface area contributed by atoms with Crippen molar-refractivity contribution in [1.82, 2.24) is 4.98 Å². The second kappa shape index (κ2) is 5.02. The van der Waals surface area contributed by atoms with Crippen molar-refractivity contribution in [2.45, 2.75) is 23.8 Å². The van der Waals surface area contributed by atoms with Crippen molar-refractivity contribution in [3.05, 3.63) is 12.0 Å². The first-order valence-electron chi connectivity index (χ1n) is 4.10. The Morgan fingerprint density at radius 2 is 2.50 bits per heavy atom. The lowest BCUT2D eigenvalue weighted by Crippen LogP contribution is -2.00. The molecule has 2 N–H and O–H groups in total. The van der Waals surface area contributed by atoms with Crippen LogP contribution in [0.2, 0.25) is 0 Å². The van der Waals surface area contributed by atoms with Gasteiger partial charge in [0.2, 0.25) is 0 Å². The normalized spacial score (nSPS) is 12.7. The second-order valence-corrected chi connectivity index (χ2v) is 4.13. The van der Waals surface area contributed by atoms with Crippen LogP contribution < -0.4 is 0 Å². The zero-order chi connectivity index (χ0) is 10.6. The van der Waals surface area contributed by atoms with Crippen molar-refractivity contribution in [3.8, 4) is 0 Å². The summed E-state index contributed by atoms with van der Waals surface area (Å²) >= 11 is 1.31. The van der Waals surface area contributed by atoms with Gasteiger partial charge in [0.15, 0.2) is 5.69 Å². The fourth-order valence-corrected chi connectivity index (χ4v) is 1.64. The summed E-state index contributed by atoms with van der Waals surface area (Å²) in [6.45, 7) is 2.01. The van der Waals surface area contributed by atoms with Crippen LogP contribution in [0.4, 0.5) is 0 Å². The van der Waals surface area contributed by atoms with Gasteiger partial charge in [-0.25, -0.2) is 4.79 Å². The predicted molar refractivity (Wildman–Crippen MR) is 50.5 cm³/mol. The third-order valence-corrected chi connectivity index (χ3v) is 2.57. The van der Waals surface area contributed by atoms with Crippen LogP contribution in [0.1, 0.15) is 23.8 Å². The van der Waals surface area contributed by atoms with Crippen molar-refractivity contribution in [2.24, 2.45) is 0 Å². The molecular weight excluding hydrogens is 206 g/mol. The lowest BCUT2D eigenvalue weighted by Gasteiger charge is -2.04. The number of aliphatic hydroxyl groups excluding tert-OH is 1. The molecule has 0 aliphatic rings. The van der Waals surface area contributed by atoms with E-state index in [1.807, 2.05) is 6.92 Å². The molecule has 0 aromatic carbocycles. The molecule has 0 saturated heterocycles. The van der Waals surface area contributed by atoms with Crippen molar-refractivity contribution < 1.29 is 19.4 Å². The van der Waals surface area contributed by atoms with E-state index in [2.05, 4.69) is 4.98 Å². The van der Waals surface area contributed by atoms with Gasteiger partial charge >= 0.3 is 5.97 Å². The molecule has 1 heterocycles. The van der Waals surface area contributed by atoms with Crippen LogP contribution in [0.25, 0.3) is 0 Å². The highest BCUT2D eigenvalue weighted by atomic mass is 32.2. The van der Waals surface area contributed by atoms with E-state index in [0.29, 0.717) is 11.6 Å². The van der Waals surface area contributed by atoms with Gasteiger partial charge in [-0.15, -0.1) is 0 Å². The quantitative estimate of drug-likeness (QED) is 0.722. The lowest BCUT2D eigenvalue weighted by atomic mass is 10.4. The number of nitrogens with zero attached hydrogens (tertiary/aromatic N) is 1. The first kappa shape index (κ1) is 11.1. The molecule has 78 valence electrons. The monoisotopic (exact) mass is 217 g/mol. The van der Waals surface area contributed by atoms with E-state index in [0.717, 1.165) is 6.26 Å². The number of rotatable bonds is 5. The van der Waals surface area contributed by atoms with Crippen LogP contribution in [-0.4, -0.2) is 33.0 Å². The van der Waals surface area contributed by atoms with Crippen LogP contribution in [0.3, 0.4) is 0 Å². The summed E-state index contributed by atoms with van der Waals surface area (Å²) in [5.41, 5.74) is -0.0938. The van der Waals surface area contributed by atoms with E-state index < -0.39 is 5.97 Å². The molecule has 1 aromatic heterocycles. The molecule has 1 unspecified atom stereocenters. The third-order valence-electron chi connectivity index (χ3n) is 1.54. The Hall–Kier alpha value is -1.01. The Balaban J connectivity index is 2.55. The Bertz CT molecular complexity index is 312. The highest BCUT2D eigenvalue weighted by Gasteiger charge is 2.13. The molecule has 1 rings (SSSR count). The zero-order valence-electron chi connectivity index (χ0n) is 7.64. The van der Waals surface area contributed by atoms with E-state index in [-0.39, 0.29) is 17.6 Å². The zero-order valence-corrected chi connectivity index (χ0v) is 8.45. The van der Waals surface area contributed by atoms with E-state index in [1.54, 1.807) is 0 Å². The van der Waals surface area contributed by atoms with Crippen molar-refractivity contribution >= 4 is 17.7 Å². The molecule has 0 amide bonds. The Morgan fingerprint density at radius 1 is 1.79 bits per heavy atom. The summed E-state index contributed by atoms with van der Waals surface area (Å²) in [5, 5.41) is 17.7. The number of aliphatic hydroxyl groups is 1. The van der Waals surface area contributed by atoms with Gasteiger partial charge in [-0.3, -0.25) is 0 Å². The molecule has 0 spiro atoms. The summed E-state index contributed by atoms with van der Waals surface area (Å²) in [5.74, 6) is -1.10. The lowest BCUT2D eigenvalue weighted by molar-refractivity contribution is 0.0690. The van der Waals surface area contributed by atoms with Crippen molar-refractivity contribution in [1.29, 1.82) is 0 Å². The van der Waals surface area contributed by atoms with Crippen LogP contribution in [0.5, 0.6) is 0 Å². The van der Waals surface area contributed by atoms with Gasteiger partial charge in [0.05, 0.1) is 0 Å². The first-order chi connectivity index (χ1) is 6.63. The molecule has 0 radical (unpaired) electrons. The third kappa shape index (κ3) is 3.04. The Labute approximate surface area is 85.1 Å². The van der Waals surface area contributed by atoms with Crippen LogP contribution in [0.15, 0.2) is 15.9 Å². The molecule has 0 bridgehead atoms. The number of carbonyl (C=O) groups is 1. The number of thioether (sulfide) groups is 1. The van der Waals surface area contributed by atoms with Gasteiger partial charge in [0, 0.05) is 11.9 Å². The predicted octanol–water partition coefficient (Wildman–Crippen LogP) is 1.24. The number of aromatic nitrogens is 1. The molecule has 5 nitrogen and oxygen atoms in total. The summed E-state index contributed by atoms with van der Waals surface area (Å²) in [7, 11) is 0. The van der Waals surface area contributed by atoms with E-state index in [1.165, 1.54) is 11.8 Å². The number of hydrogen-bond acceptors (Lipinski definition) is 5. The first-order valence-corrected chi connectivity index (χ1v) is 4.97. The number of oxazole rings is 1. The summed E-state index contributed by atoms with van der Waals surface area (Å²) in [4.78, 5) is 14.2. The van der Waals surface area contributed by atoms with Crippen LogP contribution in [-0.2, 0) is 0 Å². The van der Waals surface area contributed by atoms with E-state index in [4.69, 9.17) is 14.6 Å². The standard InChI is InChI=1S/C8H11NO4S/c1-5(2-3-10)14-8-9-6(4-13-8)7(11)12/h4-5,10H,2-3H2,1H3,(H,11,12). The Morgan fingerprint density at radius 3 is 3.00 bits per heavy atom. The number of carboxylic acid groups (broad SMARTS) is 1. The van der Waals surface area contributed by atoms with Gasteiger partial charge in [0.25, 0.3) is 5.22 Å². The molecule has 0 aliphatic carbocycles. The number of carboxylic acids is 1. The van der Waals surface area contributed by atoms with Gasteiger partial charge < -0.3 is 14.6 Å². The largest absolute Gasteiger partial charge is 0.476 e. The maximum absolute atomic E-state index is 10.5. The van der Waals surface area contributed by atoms with Crippen LogP contribution in [0, 0.1) is 0 Å². The molecule has 14 heavy (non-hydrogen) atoms. The summed E-state index contributed by atoms with van der Waals surface area (Å²) in [6.07, 6.45) is 1.73. The van der Waals surface area contributed by atoms with Crippen LogP contribution >= 0.6 is 11.8 Å². The molecule has 1 atom stereocenters. The molecule has 0 aliphatic heterocycles. The highest BCUT2D eigenvalue weighted by Crippen LogP contribution is 2.23. The minimum absolute atomic E-state index is 0.0938. The molecule has 0 saturated carbocycles. The summed E-state index contributed by atoms with van der Waals surface area (Å²) < 4.78 is 4.93. The number of aromatic carboxylic acids is 1. The van der Waals surface area contributed by atoms with E-state index >= 15 is 0 Å².